The molecule has 1 aliphatic heterocycles. The highest BCUT2D eigenvalue weighted by atomic mass is 16.4. The monoisotopic (exact) mass is 264 g/mol. The van der Waals surface area contributed by atoms with Gasteiger partial charge in [-0.15, -0.1) is 5.10 Å². The molecule has 1 amide bonds. The summed E-state index contributed by atoms with van der Waals surface area (Å²) in [4.78, 5) is 29.0. The van der Waals surface area contributed by atoms with E-state index in [0.717, 1.165) is 18.7 Å². The van der Waals surface area contributed by atoms with Gasteiger partial charge in [-0.1, -0.05) is 0 Å². The second-order valence-electron chi connectivity index (χ2n) is 5.25. The van der Waals surface area contributed by atoms with Gasteiger partial charge in [-0.2, -0.15) is 0 Å². The number of carboxylic acids is 1. The van der Waals surface area contributed by atoms with E-state index in [-0.39, 0.29) is 18.3 Å². The number of nitrogens with zero attached hydrogens (tertiary/aromatic N) is 3. The first kappa shape index (κ1) is 12.1. The standard InChI is InChI=1S/C12H16N4O3/c17-11(10-13-9(14-15-10)7-3-4-7)16-5-1-2-8(6-16)12(18)19/h7-8H,1-6H2,(H,18,19)(H,13,14,15)/t8-/m1/s1. The van der Waals surface area contributed by atoms with Gasteiger partial charge in [0.05, 0.1) is 5.92 Å². The molecule has 0 spiro atoms. The third kappa shape index (κ3) is 2.45. The molecule has 3 rings (SSSR count). The first-order valence-corrected chi connectivity index (χ1v) is 6.59. The Balaban J connectivity index is 1.69. The molecule has 0 aromatic carbocycles. The molecule has 1 aromatic rings. The molecule has 0 radical (unpaired) electrons. The predicted molar refractivity (Wildman–Crippen MR) is 64.6 cm³/mol. The van der Waals surface area contributed by atoms with Crippen molar-refractivity contribution >= 4 is 11.9 Å². The number of amides is 1. The summed E-state index contributed by atoms with van der Waals surface area (Å²) in [6.07, 6.45) is 3.52. The number of aromatic nitrogens is 3. The molecular weight excluding hydrogens is 248 g/mol. The average molecular weight is 264 g/mol. The number of carbonyl (C=O) groups is 2. The third-order valence-electron chi connectivity index (χ3n) is 3.72. The van der Waals surface area contributed by atoms with Crippen LogP contribution in [0.4, 0.5) is 0 Å². The van der Waals surface area contributed by atoms with E-state index in [1.807, 2.05) is 0 Å². The Labute approximate surface area is 110 Å². The van der Waals surface area contributed by atoms with Gasteiger partial charge in [-0.25, -0.2) is 4.98 Å². The van der Waals surface area contributed by atoms with Crippen LogP contribution in [0.15, 0.2) is 0 Å². The number of aliphatic carboxylic acids is 1. The molecule has 7 heteroatoms. The highest BCUT2D eigenvalue weighted by Gasteiger charge is 2.32. The van der Waals surface area contributed by atoms with Crippen molar-refractivity contribution in [1.82, 2.24) is 20.1 Å². The zero-order valence-electron chi connectivity index (χ0n) is 10.5. The van der Waals surface area contributed by atoms with Crippen LogP contribution in [0.3, 0.4) is 0 Å². The molecule has 2 N–H and O–H groups in total. The van der Waals surface area contributed by atoms with E-state index in [0.29, 0.717) is 25.3 Å². The van der Waals surface area contributed by atoms with E-state index in [2.05, 4.69) is 15.2 Å². The molecule has 19 heavy (non-hydrogen) atoms. The van der Waals surface area contributed by atoms with Crippen molar-refractivity contribution in [2.24, 2.45) is 5.92 Å². The Morgan fingerprint density at radius 3 is 2.79 bits per heavy atom. The van der Waals surface area contributed by atoms with Gasteiger partial charge < -0.3 is 10.0 Å². The minimum absolute atomic E-state index is 0.160. The fourth-order valence-corrected chi connectivity index (χ4v) is 2.41. The number of hydrogen-bond acceptors (Lipinski definition) is 4. The van der Waals surface area contributed by atoms with Crippen LogP contribution < -0.4 is 0 Å². The van der Waals surface area contributed by atoms with Crippen LogP contribution in [0.2, 0.25) is 0 Å². The summed E-state index contributed by atoms with van der Waals surface area (Å²) in [6.45, 7) is 0.831. The van der Waals surface area contributed by atoms with Crippen LogP contribution in [0.5, 0.6) is 0 Å². The predicted octanol–water partition coefficient (Wildman–Crippen LogP) is 0.619. The minimum Gasteiger partial charge on any atom is -0.481 e. The number of rotatable bonds is 3. The Morgan fingerprint density at radius 1 is 1.32 bits per heavy atom. The van der Waals surface area contributed by atoms with E-state index < -0.39 is 11.9 Å². The number of aromatic amines is 1. The molecule has 1 saturated carbocycles. The topological polar surface area (TPSA) is 99.2 Å². The number of carbonyl (C=O) groups excluding carboxylic acids is 1. The molecule has 1 aliphatic carbocycles. The van der Waals surface area contributed by atoms with Crippen molar-refractivity contribution in [2.45, 2.75) is 31.6 Å². The summed E-state index contributed by atoms with van der Waals surface area (Å²) in [5.74, 6) is -0.231. The average Bonchev–Trinajstić information content (AvgIpc) is 3.16. The van der Waals surface area contributed by atoms with Crippen LogP contribution in [0, 0.1) is 5.92 Å². The molecule has 102 valence electrons. The Hall–Kier alpha value is -1.92. The van der Waals surface area contributed by atoms with E-state index in [1.54, 1.807) is 4.90 Å². The highest BCUT2D eigenvalue weighted by Crippen LogP contribution is 2.37. The molecule has 1 atom stereocenters. The van der Waals surface area contributed by atoms with Gasteiger partial charge in [0.2, 0.25) is 5.82 Å². The number of nitrogens with one attached hydrogen (secondary N) is 1. The molecule has 2 aliphatic rings. The van der Waals surface area contributed by atoms with Gasteiger partial charge in [0.25, 0.3) is 5.91 Å². The van der Waals surface area contributed by atoms with Crippen molar-refractivity contribution < 1.29 is 14.7 Å². The van der Waals surface area contributed by atoms with Gasteiger partial charge in [-0.05, 0) is 25.7 Å². The second-order valence-corrected chi connectivity index (χ2v) is 5.25. The fourth-order valence-electron chi connectivity index (χ4n) is 2.41. The van der Waals surface area contributed by atoms with E-state index >= 15 is 0 Å². The van der Waals surface area contributed by atoms with Crippen molar-refractivity contribution in [2.75, 3.05) is 13.1 Å². The lowest BCUT2D eigenvalue weighted by Crippen LogP contribution is -2.42. The Bertz CT molecular complexity index is 509. The molecule has 7 nitrogen and oxygen atoms in total. The Morgan fingerprint density at radius 2 is 2.11 bits per heavy atom. The zero-order chi connectivity index (χ0) is 13.4. The number of carboxylic acid groups (broad SMARTS) is 1. The lowest BCUT2D eigenvalue weighted by Gasteiger charge is -2.29. The lowest BCUT2D eigenvalue weighted by molar-refractivity contribution is -0.143. The molecule has 1 aromatic heterocycles. The SMILES string of the molecule is O=C(O)[C@@H]1CCCN(C(=O)c2n[nH]c(C3CC3)n2)C1. The van der Waals surface area contributed by atoms with Crippen molar-refractivity contribution in [1.29, 1.82) is 0 Å². The van der Waals surface area contributed by atoms with Crippen LogP contribution in [-0.4, -0.2) is 50.2 Å². The Kier molecular flexibility index (Phi) is 2.96. The minimum atomic E-state index is -0.842. The van der Waals surface area contributed by atoms with Crippen LogP contribution in [0.1, 0.15) is 48.0 Å². The second kappa shape index (κ2) is 4.64. The van der Waals surface area contributed by atoms with Gasteiger partial charge >= 0.3 is 5.97 Å². The normalized spacial score (nSPS) is 23.4. The van der Waals surface area contributed by atoms with Crippen LogP contribution in [0.25, 0.3) is 0 Å². The summed E-state index contributed by atoms with van der Waals surface area (Å²) >= 11 is 0. The maximum absolute atomic E-state index is 12.2. The van der Waals surface area contributed by atoms with E-state index in [9.17, 15) is 9.59 Å². The van der Waals surface area contributed by atoms with Gasteiger partial charge in [0.1, 0.15) is 5.82 Å². The first-order valence-electron chi connectivity index (χ1n) is 6.59. The van der Waals surface area contributed by atoms with Crippen molar-refractivity contribution in [3.05, 3.63) is 11.6 Å². The van der Waals surface area contributed by atoms with E-state index in [4.69, 9.17) is 5.11 Å². The largest absolute Gasteiger partial charge is 0.481 e. The third-order valence-corrected chi connectivity index (χ3v) is 3.72. The molecule has 0 bridgehead atoms. The molecule has 2 heterocycles. The molecule has 1 saturated heterocycles. The smallest absolute Gasteiger partial charge is 0.308 e. The first-order chi connectivity index (χ1) is 9.15. The van der Waals surface area contributed by atoms with Gasteiger partial charge in [0.15, 0.2) is 0 Å². The van der Waals surface area contributed by atoms with Crippen molar-refractivity contribution in [3.8, 4) is 0 Å². The maximum Gasteiger partial charge on any atom is 0.308 e. The number of likely N-dealkylation sites (tertiary alicyclic amines) is 1. The van der Waals surface area contributed by atoms with Crippen molar-refractivity contribution in [3.63, 3.8) is 0 Å². The highest BCUT2D eigenvalue weighted by molar-refractivity contribution is 5.90. The molecular formula is C12H16N4O3. The summed E-state index contributed by atoms with van der Waals surface area (Å²) in [7, 11) is 0. The number of hydrogen-bond donors (Lipinski definition) is 2. The quantitative estimate of drug-likeness (QED) is 0.833. The number of piperidine rings is 1. The van der Waals surface area contributed by atoms with Gasteiger partial charge in [-0.3, -0.25) is 14.7 Å². The maximum atomic E-state index is 12.2. The lowest BCUT2D eigenvalue weighted by atomic mass is 9.98. The summed E-state index contributed by atoms with van der Waals surface area (Å²) in [5.41, 5.74) is 0. The van der Waals surface area contributed by atoms with Crippen LogP contribution >= 0.6 is 0 Å². The fraction of sp³-hybridized carbons (Fsp3) is 0.667. The van der Waals surface area contributed by atoms with Gasteiger partial charge in [0, 0.05) is 19.0 Å². The summed E-state index contributed by atoms with van der Waals surface area (Å²) < 4.78 is 0. The number of H-pyrrole nitrogens is 1. The zero-order valence-corrected chi connectivity index (χ0v) is 10.5. The van der Waals surface area contributed by atoms with E-state index in [1.165, 1.54) is 0 Å². The molecule has 0 unspecified atom stereocenters. The van der Waals surface area contributed by atoms with Crippen LogP contribution in [-0.2, 0) is 4.79 Å². The molecule has 2 fully saturated rings. The summed E-state index contributed by atoms with van der Waals surface area (Å²) in [5, 5.41) is 15.8. The summed E-state index contributed by atoms with van der Waals surface area (Å²) in [6, 6.07) is 0.